The van der Waals surface area contributed by atoms with Gasteiger partial charge in [0.2, 0.25) is 0 Å². The van der Waals surface area contributed by atoms with Gasteiger partial charge in [-0.05, 0) is 59.2 Å². The Balaban J connectivity index is 1.76. The number of rotatable bonds is 5. The molecule has 0 unspecified atom stereocenters. The smallest absolute Gasteiger partial charge is 0.120 e. The van der Waals surface area contributed by atoms with E-state index < -0.39 is 0 Å². The van der Waals surface area contributed by atoms with Gasteiger partial charge in [-0.25, -0.2) is 0 Å². The molecule has 0 heterocycles. The second-order valence-corrected chi connectivity index (χ2v) is 7.02. The first kappa shape index (κ1) is 18.3. The van der Waals surface area contributed by atoms with Crippen molar-refractivity contribution in [3.05, 3.63) is 99.0 Å². The van der Waals surface area contributed by atoms with Crippen LogP contribution in [0.2, 0.25) is 5.02 Å². The summed E-state index contributed by atoms with van der Waals surface area (Å²) in [6.45, 7) is 0.460. The zero-order valence-corrected chi connectivity index (χ0v) is 16.2. The number of ether oxygens (including phenoxy) is 1. The van der Waals surface area contributed by atoms with Crippen LogP contribution in [0.5, 0.6) is 5.75 Å². The van der Waals surface area contributed by atoms with E-state index in [2.05, 4.69) is 22.0 Å². The van der Waals surface area contributed by atoms with E-state index in [9.17, 15) is 5.26 Å². The van der Waals surface area contributed by atoms with Crippen molar-refractivity contribution in [2.45, 2.75) is 6.61 Å². The minimum Gasteiger partial charge on any atom is -0.489 e. The summed E-state index contributed by atoms with van der Waals surface area (Å²) >= 11 is 9.30. The van der Waals surface area contributed by atoms with E-state index in [0.29, 0.717) is 17.2 Å². The van der Waals surface area contributed by atoms with E-state index >= 15 is 0 Å². The average Bonchev–Trinajstić information content (AvgIpc) is 2.67. The molecule has 2 nitrogen and oxygen atoms in total. The second-order valence-electron chi connectivity index (χ2n) is 5.66. The molecule has 0 saturated heterocycles. The molecule has 0 spiro atoms. The molecule has 3 aromatic carbocycles. The maximum Gasteiger partial charge on any atom is 0.120 e. The zero-order chi connectivity index (χ0) is 18.4. The molecule has 0 amide bonds. The number of nitrogens with zero attached hydrogens (tertiary/aromatic N) is 1. The molecule has 0 aliphatic heterocycles. The van der Waals surface area contributed by atoms with E-state index in [1.54, 1.807) is 0 Å². The lowest BCUT2D eigenvalue weighted by atomic mass is 10.0. The van der Waals surface area contributed by atoms with Crippen LogP contribution < -0.4 is 4.74 Å². The van der Waals surface area contributed by atoms with Crippen LogP contribution in [-0.2, 0) is 6.61 Å². The first-order valence-electron chi connectivity index (χ1n) is 7.99. The number of hydrogen-bond donors (Lipinski definition) is 0. The third-order valence-corrected chi connectivity index (χ3v) is 4.54. The van der Waals surface area contributed by atoms with Crippen molar-refractivity contribution in [1.29, 1.82) is 5.26 Å². The summed E-state index contributed by atoms with van der Waals surface area (Å²) in [5.41, 5.74) is 3.44. The molecular formula is C22H15BrClNO. The maximum atomic E-state index is 9.48. The van der Waals surface area contributed by atoms with Crippen LogP contribution in [0, 0.1) is 11.3 Å². The third kappa shape index (κ3) is 4.98. The van der Waals surface area contributed by atoms with Gasteiger partial charge in [0, 0.05) is 9.50 Å². The lowest BCUT2D eigenvalue weighted by Crippen LogP contribution is -1.95. The number of nitriles is 1. The standard InChI is InChI=1S/C22H15BrClNO/c23-20-8-6-18(7-9-20)19(14-25)12-17-2-1-3-22(13-17)26-15-16-4-10-21(24)11-5-16/h1-13H,15H2/b19-12-. The molecule has 4 heteroatoms. The van der Waals surface area contributed by atoms with Crippen LogP contribution in [0.3, 0.4) is 0 Å². The molecule has 128 valence electrons. The molecular weight excluding hydrogens is 410 g/mol. The van der Waals surface area contributed by atoms with Crippen LogP contribution in [0.4, 0.5) is 0 Å². The Morgan fingerprint density at radius 2 is 1.77 bits per heavy atom. The summed E-state index contributed by atoms with van der Waals surface area (Å²) in [5, 5.41) is 10.2. The number of allylic oxidation sites excluding steroid dienone is 1. The quantitative estimate of drug-likeness (QED) is 0.335. The van der Waals surface area contributed by atoms with Crippen molar-refractivity contribution in [1.82, 2.24) is 0 Å². The Bertz CT molecular complexity index is 957. The van der Waals surface area contributed by atoms with Crippen LogP contribution in [-0.4, -0.2) is 0 Å². The highest BCUT2D eigenvalue weighted by molar-refractivity contribution is 9.10. The summed E-state index contributed by atoms with van der Waals surface area (Å²) in [6, 6.07) is 25.2. The molecule has 0 radical (unpaired) electrons. The molecule has 26 heavy (non-hydrogen) atoms. The number of hydrogen-bond acceptors (Lipinski definition) is 2. The van der Waals surface area contributed by atoms with Gasteiger partial charge < -0.3 is 4.74 Å². The van der Waals surface area contributed by atoms with Crippen molar-refractivity contribution in [3.8, 4) is 11.8 Å². The highest BCUT2D eigenvalue weighted by Gasteiger charge is 2.03. The van der Waals surface area contributed by atoms with Gasteiger partial charge in [0.05, 0.1) is 11.6 Å². The van der Waals surface area contributed by atoms with Crippen molar-refractivity contribution < 1.29 is 4.74 Å². The molecule has 0 bridgehead atoms. The fourth-order valence-electron chi connectivity index (χ4n) is 2.42. The average molecular weight is 425 g/mol. The monoisotopic (exact) mass is 423 g/mol. The van der Waals surface area contributed by atoms with Gasteiger partial charge in [0.15, 0.2) is 0 Å². The Labute approximate surface area is 166 Å². The van der Waals surface area contributed by atoms with Crippen LogP contribution in [0.25, 0.3) is 11.6 Å². The molecule has 0 saturated carbocycles. The predicted molar refractivity (Wildman–Crippen MR) is 110 cm³/mol. The minimum atomic E-state index is 0.460. The van der Waals surface area contributed by atoms with E-state index in [4.69, 9.17) is 16.3 Å². The van der Waals surface area contributed by atoms with Crippen molar-refractivity contribution in [3.63, 3.8) is 0 Å². The lowest BCUT2D eigenvalue weighted by molar-refractivity contribution is 0.306. The van der Waals surface area contributed by atoms with Gasteiger partial charge in [0.1, 0.15) is 12.4 Å². The maximum absolute atomic E-state index is 9.48. The predicted octanol–water partition coefficient (Wildman–Crippen LogP) is 6.75. The van der Waals surface area contributed by atoms with Crippen LogP contribution >= 0.6 is 27.5 Å². The van der Waals surface area contributed by atoms with Gasteiger partial charge in [0.25, 0.3) is 0 Å². The molecule has 3 rings (SSSR count). The van der Waals surface area contributed by atoms with Gasteiger partial charge in [-0.1, -0.05) is 63.9 Å². The van der Waals surface area contributed by atoms with Gasteiger partial charge in [-0.2, -0.15) is 5.26 Å². The summed E-state index contributed by atoms with van der Waals surface area (Å²) in [7, 11) is 0. The Hall–Kier alpha value is -2.54. The van der Waals surface area contributed by atoms with Crippen molar-refractivity contribution in [2.24, 2.45) is 0 Å². The summed E-state index contributed by atoms with van der Waals surface area (Å²) in [4.78, 5) is 0. The third-order valence-electron chi connectivity index (χ3n) is 3.76. The molecule has 0 atom stereocenters. The van der Waals surface area contributed by atoms with Gasteiger partial charge >= 0.3 is 0 Å². The minimum absolute atomic E-state index is 0.460. The summed E-state index contributed by atoms with van der Waals surface area (Å²) < 4.78 is 6.83. The summed E-state index contributed by atoms with van der Waals surface area (Å²) in [6.07, 6.45) is 1.86. The van der Waals surface area contributed by atoms with Crippen molar-refractivity contribution in [2.75, 3.05) is 0 Å². The Morgan fingerprint density at radius 3 is 2.46 bits per heavy atom. The first-order chi connectivity index (χ1) is 12.6. The van der Waals surface area contributed by atoms with Gasteiger partial charge in [-0.15, -0.1) is 0 Å². The fourth-order valence-corrected chi connectivity index (χ4v) is 2.81. The number of benzene rings is 3. The lowest BCUT2D eigenvalue weighted by Gasteiger charge is -2.07. The largest absolute Gasteiger partial charge is 0.489 e. The molecule has 0 N–H and O–H groups in total. The first-order valence-corrected chi connectivity index (χ1v) is 9.16. The van der Waals surface area contributed by atoms with Gasteiger partial charge in [-0.3, -0.25) is 0 Å². The van der Waals surface area contributed by atoms with Crippen molar-refractivity contribution >= 4 is 39.2 Å². The zero-order valence-electron chi connectivity index (χ0n) is 13.8. The normalized spacial score (nSPS) is 11.0. The van der Waals surface area contributed by atoms with Crippen LogP contribution in [0.15, 0.2) is 77.3 Å². The molecule has 3 aromatic rings. The van der Waals surface area contributed by atoms with E-state index in [0.717, 1.165) is 26.9 Å². The SMILES string of the molecule is N#C/C(=C/c1cccc(OCc2ccc(Cl)cc2)c1)c1ccc(Br)cc1. The second kappa shape index (κ2) is 8.71. The summed E-state index contributed by atoms with van der Waals surface area (Å²) in [5.74, 6) is 0.752. The van der Waals surface area contributed by atoms with E-state index in [-0.39, 0.29) is 0 Å². The highest BCUT2D eigenvalue weighted by Crippen LogP contribution is 2.23. The fraction of sp³-hybridized carbons (Fsp3) is 0.0455. The molecule has 0 aliphatic carbocycles. The topological polar surface area (TPSA) is 33.0 Å². The molecule has 0 aromatic heterocycles. The Morgan fingerprint density at radius 1 is 1.04 bits per heavy atom. The molecule has 0 aliphatic rings. The highest BCUT2D eigenvalue weighted by atomic mass is 79.9. The van der Waals surface area contributed by atoms with E-state index in [1.807, 2.05) is 78.9 Å². The van der Waals surface area contributed by atoms with E-state index in [1.165, 1.54) is 0 Å². The number of halogens is 2. The molecule has 0 fully saturated rings. The Kier molecular flexibility index (Phi) is 6.12. The van der Waals surface area contributed by atoms with Crippen LogP contribution in [0.1, 0.15) is 16.7 Å².